The van der Waals surface area contributed by atoms with Crippen molar-refractivity contribution in [3.63, 3.8) is 0 Å². The molecule has 0 radical (unpaired) electrons. The van der Waals surface area contributed by atoms with Gasteiger partial charge in [-0.15, -0.1) is 0 Å². The first-order chi connectivity index (χ1) is 12.3. The van der Waals surface area contributed by atoms with Crippen molar-refractivity contribution in [3.8, 4) is 11.5 Å². The Hall–Kier alpha value is -3.02. The van der Waals surface area contributed by atoms with Gasteiger partial charge >= 0.3 is 0 Å². The van der Waals surface area contributed by atoms with Crippen LogP contribution in [0.2, 0.25) is 0 Å². The Kier molecular flexibility index (Phi) is 3.47. The van der Waals surface area contributed by atoms with Gasteiger partial charge in [-0.2, -0.15) is 5.10 Å². The quantitative estimate of drug-likeness (QED) is 0.589. The first-order valence-corrected chi connectivity index (χ1v) is 8.67. The fraction of sp³-hybridized carbons (Fsp3) is 0.300. The van der Waals surface area contributed by atoms with Gasteiger partial charge in [0.25, 0.3) is 0 Å². The molecule has 0 unspecified atom stereocenters. The lowest BCUT2D eigenvalue weighted by atomic mass is 9.79. The van der Waals surface area contributed by atoms with Gasteiger partial charge in [-0.1, -0.05) is 13.8 Å². The summed E-state index contributed by atoms with van der Waals surface area (Å²) in [5.41, 5.74) is 3.47. The van der Waals surface area contributed by atoms with Crippen LogP contribution >= 0.6 is 0 Å². The largest absolute Gasteiger partial charge is 0.508 e. The minimum Gasteiger partial charge on any atom is -0.508 e. The molecule has 4 heterocycles. The van der Waals surface area contributed by atoms with E-state index in [2.05, 4.69) is 23.9 Å². The van der Waals surface area contributed by atoms with Crippen LogP contribution in [0.4, 0.5) is 0 Å². The predicted molar refractivity (Wildman–Crippen MR) is 99.9 cm³/mol. The zero-order chi connectivity index (χ0) is 18.6. The van der Waals surface area contributed by atoms with Crippen LogP contribution in [-0.4, -0.2) is 29.2 Å². The highest BCUT2D eigenvalue weighted by Crippen LogP contribution is 2.41. The normalized spacial score (nSPS) is 12.5. The molecule has 4 aromatic heterocycles. The number of hydrogen-bond acceptors (Lipinski definition) is 4. The Morgan fingerprint density at radius 2 is 1.85 bits per heavy atom. The zero-order valence-corrected chi connectivity index (χ0v) is 15.3. The second kappa shape index (κ2) is 5.49. The summed E-state index contributed by atoms with van der Waals surface area (Å²) in [7, 11) is 0. The third-order valence-electron chi connectivity index (χ3n) is 5.03. The van der Waals surface area contributed by atoms with Gasteiger partial charge in [0, 0.05) is 53.0 Å². The van der Waals surface area contributed by atoms with Crippen molar-refractivity contribution in [3.05, 3.63) is 59.8 Å². The number of aromatic nitrogens is 4. The summed E-state index contributed by atoms with van der Waals surface area (Å²) in [6, 6.07) is 7.04. The fourth-order valence-electron chi connectivity index (χ4n) is 3.77. The Balaban J connectivity index is 2.05. The van der Waals surface area contributed by atoms with Crippen molar-refractivity contribution in [1.29, 1.82) is 0 Å². The summed E-state index contributed by atoms with van der Waals surface area (Å²) in [6.45, 7) is 8.20. The van der Waals surface area contributed by atoms with Crippen LogP contribution in [0.3, 0.4) is 0 Å². The molecular formula is C20H22N4O2. The summed E-state index contributed by atoms with van der Waals surface area (Å²) in [5, 5.41) is 25.5. The third kappa shape index (κ3) is 2.25. The van der Waals surface area contributed by atoms with E-state index in [-0.39, 0.29) is 17.4 Å². The highest BCUT2D eigenvalue weighted by Gasteiger charge is 2.32. The van der Waals surface area contributed by atoms with Crippen LogP contribution in [0.15, 0.2) is 42.9 Å². The fourth-order valence-corrected chi connectivity index (χ4v) is 3.77. The number of imidazole rings is 1. The van der Waals surface area contributed by atoms with Gasteiger partial charge in [-0.3, -0.25) is 0 Å². The molecular weight excluding hydrogens is 328 g/mol. The van der Waals surface area contributed by atoms with Crippen LogP contribution < -0.4 is 0 Å². The summed E-state index contributed by atoms with van der Waals surface area (Å²) < 4.78 is 3.82. The number of pyridine rings is 2. The standard InChI is InChI=1S/C20H22N4O2/c1-12(2)15-11-16(26)19(14-5-6-22-24(14)15)20(3,4)17-9-13(25)10-18-21-7-8-23(17)18/h5-12,25-26H,1-4H3. The van der Waals surface area contributed by atoms with Crippen molar-refractivity contribution >= 4 is 11.2 Å². The Labute approximate surface area is 151 Å². The molecule has 0 atom stereocenters. The highest BCUT2D eigenvalue weighted by molar-refractivity contribution is 5.66. The second-order valence-corrected chi connectivity index (χ2v) is 7.49. The summed E-state index contributed by atoms with van der Waals surface area (Å²) in [4.78, 5) is 4.28. The van der Waals surface area contributed by atoms with Crippen molar-refractivity contribution in [1.82, 2.24) is 19.0 Å². The van der Waals surface area contributed by atoms with Gasteiger partial charge in [0.1, 0.15) is 17.1 Å². The molecule has 6 heteroatoms. The third-order valence-corrected chi connectivity index (χ3v) is 5.03. The van der Waals surface area contributed by atoms with Gasteiger partial charge in [-0.05, 0) is 25.8 Å². The Morgan fingerprint density at radius 1 is 1.08 bits per heavy atom. The van der Waals surface area contributed by atoms with Crippen molar-refractivity contribution in [2.45, 2.75) is 39.0 Å². The van der Waals surface area contributed by atoms with E-state index in [1.165, 1.54) is 0 Å². The van der Waals surface area contributed by atoms with E-state index in [1.807, 2.05) is 35.0 Å². The predicted octanol–water partition coefficient (Wildman–Crippen LogP) is 3.84. The van der Waals surface area contributed by atoms with E-state index in [0.29, 0.717) is 5.65 Å². The topological polar surface area (TPSA) is 75.1 Å². The van der Waals surface area contributed by atoms with Gasteiger partial charge in [0.2, 0.25) is 0 Å². The van der Waals surface area contributed by atoms with E-state index in [1.54, 1.807) is 30.6 Å². The van der Waals surface area contributed by atoms with Crippen molar-refractivity contribution in [2.75, 3.05) is 0 Å². The molecule has 0 saturated carbocycles. The lowest BCUT2D eigenvalue weighted by molar-refractivity contribution is 0.445. The Morgan fingerprint density at radius 3 is 2.58 bits per heavy atom. The molecule has 0 fully saturated rings. The van der Waals surface area contributed by atoms with Crippen LogP contribution in [0.25, 0.3) is 11.2 Å². The molecule has 0 bridgehead atoms. The molecule has 0 aromatic carbocycles. The SMILES string of the molecule is CC(C)c1cc(O)c(C(C)(C)c2cc(O)cc3nccn23)c2ccnn12. The maximum atomic E-state index is 10.9. The zero-order valence-electron chi connectivity index (χ0n) is 15.3. The number of rotatable bonds is 3. The number of hydrogen-bond donors (Lipinski definition) is 2. The average Bonchev–Trinajstić information content (AvgIpc) is 3.21. The summed E-state index contributed by atoms with van der Waals surface area (Å²) in [6.07, 6.45) is 5.30. The minimum atomic E-state index is -0.599. The monoisotopic (exact) mass is 350 g/mol. The van der Waals surface area contributed by atoms with Gasteiger partial charge in [0.05, 0.1) is 11.7 Å². The molecule has 0 aliphatic rings. The first kappa shape index (κ1) is 16.4. The highest BCUT2D eigenvalue weighted by atomic mass is 16.3. The Bertz CT molecular complexity index is 1120. The molecule has 6 nitrogen and oxygen atoms in total. The van der Waals surface area contributed by atoms with Crippen LogP contribution in [0, 0.1) is 0 Å². The number of nitrogens with zero attached hydrogens (tertiary/aromatic N) is 4. The van der Waals surface area contributed by atoms with Crippen LogP contribution in [-0.2, 0) is 5.41 Å². The van der Waals surface area contributed by atoms with Gasteiger partial charge in [-0.25, -0.2) is 9.50 Å². The minimum absolute atomic E-state index is 0.148. The molecule has 2 N–H and O–H groups in total. The second-order valence-electron chi connectivity index (χ2n) is 7.49. The van der Waals surface area contributed by atoms with Crippen LogP contribution in [0.1, 0.15) is 50.6 Å². The molecule has 4 aromatic rings. The molecule has 0 saturated heterocycles. The van der Waals surface area contributed by atoms with Crippen LogP contribution in [0.5, 0.6) is 11.5 Å². The van der Waals surface area contributed by atoms with E-state index >= 15 is 0 Å². The van der Waals surface area contributed by atoms with Crippen molar-refractivity contribution in [2.24, 2.45) is 0 Å². The first-order valence-electron chi connectivity index (χ1n) is 8.67. The van der Waals surface area contributed by atoms with E-state index in [4.69, 9.17) is 0 Å². The average molecular weight is 350 g/mol. The smallest absolute Gasteiger partial charge is 0.140 e. The summed E-state index contributed by atoms with van der Waals surface area (Å²) >= 11 is 0. The molecule has 0 aliphatic heterocycles. The summed E-state index contributed by atoms with van der Waals surface area (Å²) in [5.74, 6) is 0.597. The lowest BCUT2D eigenvalue weighted by Gasteiger charge is -2.29. The molecule has 0 amide bonds. The lowest BCUT2D eigenvalue weighted by Crippen LogP contribution is -2.24. The molecule has 0 spiro atoms. The van der Waals surface area contributed by atoms with Gasteiger partial charge in [0.15, 0.2) is 0 Å². The van der Waals surface area contributed by atoms with E-state index < -0.39 is 5.41 Å². The van der Waals surface area contributed by atoms with Crippen molar-refractivity contribution < 1.29 is 10.2 Å². The molecule has 26 heavy (non-hydrogen) atoms. The maximum Gasteiger partial charge on any atom is 0.140 e. The van der Waals surface area contributed by atoms with Gasteiger partial charge < -0.3 is 14.6 Å². The maximum absolute atomic E-state index is 10.9. The number of fused-ring (bicyclic) bond motifs is 2. The van der Waals surface area contributed by atoms with E-state index in [0.717, 1.165) is 22.5 Å². The molecule has 134 valence electrons. The molecule has 4 rings (SSSR count). The number of aromatic hydroxyl groups is 2. The van der Waals surface area contributed by atoms with E-state index in [9.17, 15) is 10.2 Å². The molecule has 0 aliphatic carbocycles.